The van der Waals surface area contributed by atoms with Crippen LogP contribution in [-0.2, 0) is 6.42 Å². The molecule has 0 saturated carbocycles. The summed E-state index contributed by atoms with van der Waals surface area (Å²) in [5.41, 5.74) is 2.80. The first-order valence-corrected chi connectivity index (χ1v) is 11.2. The molecule has 2 N–H and O–H groups in total. The van der Waals surface area contributed by atoms with Crippen molar-refractivity contribution in [3.8, 4) is 5.75 Å². The number of nitrogens with zero attached hydrogens (tertiary/aromatic N) is 2. The van der Waals surface area contributed by atoms with Crippen molar-refractivity contribution in [3.63, 3.8) is 0 Å². The van der Waals surface area contributed by atoms with Gasteiger partial charge in [-0.1, -0.05) is 18.2 Å². The first-order chi connectivity index (χ1) is 17.0. The molecule has 180 valence electrons. The van der Waals surface area contributed by atoms with Crippen LogP contribution in [0.4, 0.5) is 8.78 Å². The number of rotatable bonds is 9. The largest absolute Gasteiger partial charge is 0.495 e. The van der Waals surface area contributed by atoms with Gasteiger partial charge in [0.05, 0.1) is 30.6 Å². The Morgan fingerprint density at radius 1 is 1.14 bits per heavy atom. The highest BCUT2D eigenvalue weighted by Crippen LogP contribution is 2.25. The first kappa shape index (κ1) is 24.2. The van der Waals surface area contributed by atoms with Crippen molar-refractivity contribution < 1.29 is 23.4 Å². The third-order valence-corrected chi connectivity index (χ3v) is 5.78. The Kier molecular flexibility index (Phi) is 7.62. The standard InChI is InChI=1S/C27H25F2N3O3/c1-35-25-6-3-12-30-23(25)15-20(11-13-33)32-27(34)21-4-2-5-22(29)26(21)24-14-18(16-31-24)17-7-9-19(28)10-8-17/h2-10,12,14,20,33H,11,13,15-16H2,1H3,(H,32,34)/t20-/m1/s1. The SMILES string of the molecule is COc1cccnc1C[C@@H](CCO)NC(=O)c1cccc(F)c1C1=NCC(c2ccc(F)cc2)=C1. The highest BCUT2D eigenvalue weighted by molar-refractivity contribution is 6.19. The van der Waals surface area contributed by atoms with E-state index in [0.717, 1.165) is 11.1 Å². The molecule has 1 atom stereocenters. The minimum absolute atomic E-state index is 0.0975. The van der Waals surface area contributed by atoms with Gasteiger partial charge in [0.2, 0.25) is 0 Å². The van der Waals surface area contributed by atoms with E-state index in [4.69, 9.17) is 4.74 Å². The summed E-state index contributed by atoms with van der Waals surface area (Å²) in [4.78, 5) is 22.0. The number of aliphatic hydroxyl groups is 1. The minimum Gasteiger partial charge on any atom is -0.495 e. The molecule has 1 aromatic heterocycles. The molecule has 2 heterocycles. The van der Waals surface area contributed by atoms with Crippen LogP contribution in [0.5, 0.6) is 5.75 Å². The topological polar surface area (TPSA) is 83.8 Å². The Morgan fingerprint density at radius 2 is 1.94 bits per heavy atom. The third-order valence-electron chi connectivity index (χ3n) is 5.78. The summed E-state index contributed by atoms with van der Waals surface area (Å²) >= 11 is 0. The number of carbonyl (C=O) groups excluding carboxylic acids is 1. The number of methoxy groups -OCH3 is 1. The van der Waals surface area contributed by atoms with Crippen LogP contribution in [0.3, 0.4) is 0 Å². The van der Waals surface area contributed by atoms with Gasteiger partial charge in [-0.25, -0.2) is 8.78 Å². The van der Waals surface area contributed by atoms with Crippen LogP contribution in [-0.4, -0.2) is 48.0 Å². The molecule has 4 rings (SSSR count). The number of hydrogen-bond donors (Lipinski definition) is 2. The highest BCUT2D eigenvalue weighted by atomic mass is 19.1. The summed E-state index contributed by atoms with van der Waals surface area (Å²) < 4.78 is 33.6. The fourth-order valence-corrected chi connectivity index (χ4v) is 4.03. The molecule has 0 saturated heterocycles. The number of amides is 1. The Labute approximate surface area is 202 Å². The molecular weight excluding hydrogens is 452 g/mol. The average molecular weight is 478 g/mol. The normalized spacial score (nSPS) is 13.7. The van der Waals surface area contributed by atoms with Crippen molar-refractivity contribution in [3.05, 3.63) is 101 Å². The average Bonchev–Trinajstić information content (AvgIpc) is 3.34. The molecular formula is C27H25F2N3O3. The number of benzene rings is 2. The van der Waals surface area contributed by atoms with Crippen LogP contribution in [0.2, 0.25) is 0 Å². The predicted octanol–water partition coefficient (Wildman–Crippen LogP) is 3.98. The maximum Gasteiger partial charge on any atom is 0.252 e. The monoisotopic (exact) mass is 477 g/mol. The van der Waals surface area contributed by atoms with Gasteiger partial charge in [0.15, 0.2) is 0 Å². The fraction of sp³-hybridized carbons (Fsp3) is 0.222. The molecule has 0 radical (unpaired) electrons. The quantitative estimate of drug-likeness (QED) is 0.488. The van der Waals surface area contributed by atoms with E-state index in [2.05, 4.69) is 15.3 Å². The van der Waals surface area contributed by atoms with Crippen molar-refractivity contribution in [2.24, 2.45) is 4.99 Å². The van der Waals surface area contributed by atoms with Crippen LogP contribution in [0, 0.1) is 11.6 Å². The lowest BCUT2D eigenvalue weighted by Gasteiger charge is -2.20. The lowest BCUT2D eigenvalue weighted by atomic mass is 9.98. The van der Waals surface area contributed by atoms with Gasteiger partial charge in [-0.2, -0.15) is 0 Å². The summed E-state index contributed by atoms with van der Waals surface area (Å²) in [6, 6.07) is 13.3. The zero-order valence-electron chi connectivity index (χ0n) is 19.2. The number of ether oxygens (including phenoxy) is 1. The van der Waals surface area contributed by atoms with E-state index in [1.165, 1.54) is 37.4 Å². The smallest absolute Gasteiger partial charge is 0.252 e. The Bertz CT molecular complexity index is 1270. The van der Waals surface area contributed by atoms with Gasteiger partial charge < -0.3 is 15.2 Å². The van der Waals surface area contributed by atoms with E-state index in [1.54, 1.807) is 36.5 Å². The Balaban J connectivity index is 1.59. The second-order valence-electron chi connectivity index (χ2n) is 8.08. The number of allylic oxidation sites excluding steroid dienone is 1. The van der Waals surface area contributed by atoms with Gasteiger partial charge in [-0.05, 0) is 60.0 Å². The van der Waals surface area contributed by atoms with Crippen LogP contribution in [0.25, 0.3) is 5.57 Å². The van der Waals surface area contributed by atoms with E-state index in [9.17, 15) is 18.7 Å². The second kappa shape index (κ2) is 11.0. The number of aromatic nitrogens is 1. The summed E-state index contributed by atoms with van der Waals surface area (Å²) in [6.45, 7) is 0.148. The van der Waals surface area contributed by atoms with E-state index in [1.807, 2.05) is 0 Å². The lowest BCUT2D eigenvalue weighted by molar-refractivity contribution is 0.0929. The minimum atomic E-state index is -0.571. The zero-order valence-corrected chi connectivity index (χ0v) is 19.2. The molecule has 35 heavy (non-hydrogen) atoms. The maximum atomic E-state index is 15.0. The molecule has 0 spiro atoms. The molecule has 0 fully saturated rings. The van der Waals surface area contributed by atoms with Gasteiger partial charge in [-0.15, -0.1) is 0 Å². The third kappa shape index (κ3) is 5.60. The van der Waals surface area contributed by atoms with Crippen molar-refractivity contribution in [2.45, 2.75) is 18.9 Å². The maximum absolute atomic E-state index is 15.0. The van der Waals surface area contributed by atoms with Gasteiger partial charge in [0, 0.05) is 30.8 Å². The molecule has 3 aromatic rings. The van der Waals surface area contributed by atoms with Gasteiger partial charge >= 0.3 is 0 Å². The molecule has 0 unspecified atom stereocenters. The highest BCUT2D eigenvalue weighted by Gasteiger charge is 2.24. The summed E-state index contributed by atoms with van der Waals surface area (Å²) in [5.74, 6) is -0.825. The van der Waals surface area contributed by atoms with Crippen molar-refractivity contribution in [1.29, 1.82) is 0 Å². The molecule has 1 aliphatic rings. The fourth-order valence-electron chi connectivity index (χ4n) is 4.03. The zero-order chi connectivity index (χ0) is 24.8. The summed E-state index contributed by atoms with van der Waals surface area (Å²) in [5, 5.41) is 12.4. The van der Waals surface area contributed by atoms with Crippen LogP contribution in [0.1, 0.15) is 33.6 Å². The molecule has 0 bridgehead atoms. The van der Waals surface area contributed by atoms with E-state index >= 15 is 0 Å². The van der Waals surface area contributed by atoms with Crippen molar-refractivity contribution in [2.75, 3.05) is 20.3 Å². The number of nitrogens with one attached hydrogen (secondary N) is 1. The van der Waals surface area contributed by atoms with E-state index in [-0.39, 0.29) is 30.0 Å². The van der Waals surface area contributed by atoms with Gasteiger partial charge in [0.1, 0.15) is 17.4 Å². The second-order valence-corrected chi connectivity index (χ2v) is 8.08. The van der Waals surface area contributed by atoms with Crippen molar-refractivity contribution in [1.82, 2.24) is 10.3 Å². The van der Waals surface area contributed by atoms with Crippen LogP contribution in [0.15, 0.2) is 71.9 Å². The van der Waals surface area contributed by atoms with Gasteiger partial charge in [0.25, 0.3) is 5.91 Å². The number of halogens is 2. The molecule has 0 aliphatic carbocycles. The van der Waals surface area contributed by atoms with Crippen LogP contribution < -0.4 is 10.1 Å². The number of hydrogen-bond acceptors (Lipinski definition) is 5. The predicted molar refractivity (Wildman–Crippen MR) is 130 cm³/mol. The van der Waals surface area contributed by atoms with Gasteiger partial charge in [-0.3, -0.25) is 14.8 Å². The molecule has 2 aromatic carbocycles. The summed E-state index contributed by atoms with van der Waals surface area (Å²) in [6.07, 6.45) is 3.96. The number of aliphatic hydroxyl groups excluding tert-OH is 1. The van der Waals surface area contributed by atoms with Crippen LogP contribution >= 0.6 is 0 Å². The number of carbonyl (C=O) groups is 1. The molecule has 6 nitrogen and oxygen atoms in total. The molecule has 8 heteroatoms. The number of aliphatic imine (C=N–C) groups is 1. The van der Waals surface area contributed by atoms with E-state index in [0.29, 0.717) is 30.1 Å². The lowest BCUT2D eigenvalue weighted by Crippen LogP contribution is -2.38. The Morgan fingerprint density at radius 3 is 2.69 bits per heavy atom. The molecule has 1 aliphatic heterocycles. The van der Waals surface area contributed by atoms with E-state index < -0.39 is 17.8 Å². The summed E-state index contributed by atoms with van der Waals surface area (Å²) in [7, 11) is 1.54. The molecule has 1 amide bonds. The Hall–Kier alpha value is -3.91. The first-order valence-electron chi connectivity index (χ1n) is 11.2. The number of pyridine rings is 1. The van der Waals surface area contributed by atoms with Crippen molar-refractivity contribution >= 4 is 17.2 Å².